The topological polar surface area (TPSA) is 98.0 Å². The number of thiazole rings is 1. The Morgan fingerprint density at radius 3 is 2.75 bits per heavy atom. The molecule has 0 aliphatic carbocycles. The zero-order chi connectivity index (χ0) is 20.3. The highest BCUT2D eigenvalue weighted by Gasteiger charge is 2.34. The second kappa shape index (κ2) is 8.54. The predicted molar refractivity (Wildman–Crippen MR) is 106 cm³/mol. The van der Waals surface area contributed by atoms with E-state index in [4.69, 9.17) is 4.74 Å². The summed E-state index contributed by atoms with van der Waals surface area (Å²) >= 11 is 1.28. The summed E-state index contributed by atoms with van der Waals surface area (Å²) in [4.78, 5) is 29.5. The molecule has 1 aromatic heterocycles. The van der Waals surface area contributed by atoms with Crippen molar-refractivity contribution in [2.75, 3.05) is 19.4 Å². The molecule has 0 bridgehead atoms. The van der Waals surface area contributed by atoms with Gasteiger partial charge >= 0.3 is 5.97 Å². The van der Waals surface area contributed by atoms with E-state index in [0.29, 0.717) is 17.8 Å². The zero-order valence-electron chi connectivity index (χ0n) is 15.8. The van der Waals surface area contributed by atoms with Crippen molar-refractivity contribution in [3.63, 3.8) is 0 Å². The van der Waals surface area contributed by atoms with E-state index in [0.717, 1.165) is 29.3 Å². The van der Waals surface area contributed by atoms with Crippen molar-refractivity contribution in [3.8, 4) is 0 Å². The summed E-state index contributed by atoms with van der Waals surface area (Å²) in [6.07, 6.45) is 3.05. The number of benzene rings is 1. The van der Waals surface area contributed by atoms with Crippen LogP contribution < -0.4 is 4.80 Å². The Morgan fingerprint density at radius 1 is 1.29 bits per heavy atom. The number of fused-ring (bicyclic) bond motifs is 1. The van der Waals surface area contributed by atoms with Crippen LogP contribution >= 0.6 is 11.3 Å². The van der Waals surface area contributed by atoms with Crippen molar-refractivity contribution in [2.24, 2.45) is 4.99 Å². The molecule has 1 atom stereocenters. The molecule has 1 aliphatic rings. The van der Waals surface area contributed by atoms with E-state index in [1.165, 1.54) is 15.6 Å². The average molecular weight is 426 g/mol. The molecule has 152 valence electrons. The van der Waals surface area contributed by atoms with E-state index < -0.39 is 27.9 Å². The van der Waals surface area contributed by atoms with Crippen LogP contribution in [0.4, 0.5) is 0 Å². The lowest BCUT2D eigenvalue weighted by atomic mass is 10.0. The lowest BCUT2D eigenvalue weighted by Gasteiger charge is -2.31. The van der Waals surface area contributed by atoms with E-state index in [9.17, 15) is 18.0 Å². The first-order valence-corrected chi connectivity index (χ1v) is 11.8. The number of rotatable bonds is 5. The molecular formula is C18H23N3O5S2. The second-order valence-corrected chi connectivity index (χ2v) is 9.52. The molecule has 1 aliphatic heterocycles. The van der Waals surface area contributed by atoms with Gasteiger partial charge in [-0.2, -0.15) is 9.30 Å². The second-order valence-electron chi connectivity index (χ2n) is 6.58. The Morgan fingerprint density at radius 2 is 2.04 bits per heavy atom. The SMILES string of the molecule is CCOC(=O)Cn1c(=NC(=O)C2CCCCN2S(C)(=O)=O)sc2ccccc21. The smallest absolute Gasteiger partial charge is 0.326 e. The van der Waals surface area contributed by atoms with Crippen molar-refractivity contribution in [1.29, 1.82) is 0 Å². The molecule has 1 aromatic carbocycles. The van der Waals surface area contributed by atoms with Crippen LogP contribution in [0.5, 0.6) is 0 Å². The third kappa shape index (κ3) is 4.50. The van der Waals surface area contributed by atoms with Crippen LogP contribution in [0.1, 0.15) is 26.2 Å². The number of piperidine rings is 1. The largest absolute Gasteiger partial charge is 0.465 e. The molecule has 3 rings (SSSR count). The highest BCUT2D eigenvalue weighted by molar-refractivity contribution is 7.88. The highest BCUT2D eigenvalue weighted by Crippen LogP contribution is 2.21. The number of carbonyl (C=O) groups is 2. The van der Waals surface area contributed by atoms with Crippen LogP contribution in [0.25, 0.3) is 10.2 Å². The summed E-state index contributed by atoms with van der Waals surface area (Å²) < 4.78 is 32.9. The molecule has 0 N–H and O–H groups in total. The van der Waals surface area contributed by atoms with Crippen molar-refractivity contribution in [2.45, 2.75) is 38.8 Å². The summed E-state index contributed by atoms with van der Waals surface area (Å²) in [7, 11) is -3.50. The lowest BCUT2D eigenvalue weighted by Crippen LogP contribution is -2.47. The minimum atomic E-state index is -3.50. The van der Waals surface area contributed by atoms with Gasteiger partial charge in [-0.1, -0.05) is 29.9 Å². The molecule has 0 saturated carbocycles. The highest BCUT2D eigenvalue weighted by atomic mass is 32.2. The molecule has 0 spiro atoms. The van der Waals surface area contributed by atoms with Crippen LogP contribution in [0.3, 0.4) is 0 Å². The fraction of sp³-hybridized carbons (Fsp3) is 0.500. The van der Waals surface area contributed by atoms with E-state index >= 15 is 0 Å². The third-order valence-electron chi connectivity index (χ3n) is 4.55. The van der Waals surface area contributed by atoms with Gasteiger partial charge in [-0.05, 0) is 31.9 Å². The van der Waals surface area contributed by atoms with Crippen molar-refractivity contribution < 1.29 is 22.7 Å². The molecule has 28 heavy (non-hydrogen) atoms. The maximum Gasteiger partial charge on any atom is 0.326 e. The molecule has 1 unspecified atom stereocenters. The van der Waals surface area contributed by atoms with E-state index in [2.05, 4.69) is 4.99 Å². The third-order valence-corrected chi connectivity index (χ3v) is 6.90. The molecule has 0 radical (unpaired) electrons. The first-order chi connectivity index (χ1) is 13.3. The summed E-state index contributed by atoms with van der Waals surface area (Å²) in [5.41, 5.74) is 0.774. The van der Waals surface area contributed by atoms with Gasteiger partial charge in [-0.3, -0.25) is 9.59 Å². The number of para-hydroxylation sites is 1. The van der Waals surface area contributed by atoms with Crippen molar-refractivity contribution in [1.82, 2.24) is 8.87 Å². The maximum atomic E-state index is 12.9. The summed E-state index contributed by atoms with van der Waals surface area (Å²) in [6, 6.07) is 6.64. The van der Waals surface area contributed by atoms with Gasteiger partial charge in [0.05, 0.1) is 23.1 Å². The number of esters is 1. The number of sulfonamides is 1. The molecular weight excluding hydrogens is 402 g/mol. The van der Waals surface area contributed by atoms with Crippen LogP contribution in [-0.2, 0) is 30.9 Å². The van der Waals surface area contributed by atoms with Crippen LogP contribution in [-0.4, -0.2) is 54.6 Å². The van der Waals surface area contributed by atoms with Gasteiger partial charge in [0.2, 0.25) is 10.0 Å². The number of aromatic nitrogens is 1. The van der Waals surface area contributed by atoms with Gasteiger partial charge in [-0.25, -0.2) is 8.42 Å². The van der Waals surface area contributed by atoms with E-state index in [1.807, 2.05) is 24.3 Å². The molecule has 2 heterocycles. The minimum Gasteiger partial charge on any atom is -0.465 e. The van der Waals surface area contributed by atoms with Gasteiger partial charge in [0.15, 0.2) is 4.80 Å². The normalized spacial score (nSPS) is 19.1. The van der Waals surface area contributed by atoms with E-state index in [-0.39, 0.29) is 13.2 Å². The lowest BCUT2D eigenvalue weighted by molar-refractivity contribution is -0.143. The standard InChI is InChI=1S/C18H23N3O5S2/c1-3-26-16(22)12-20-13-8-4-5-10-15(13)27-18(20)19-17(23)14-9-6-7-11-21(14)28(2,24)25/h4-5,8,10,14H,3,6-7,9,11-12H2,1-2H3. The molecule has 1 amide bonds. The fourth-order valence-corrected chi connectivity index (χ4v) is 5.47. The van der Waals surface area contributed by atoms with Crippen LogP contribution in [0.15, 0.2) is 29.3 Å². The molecule has 1 fully saturated rings. The minimum absolute atomic E-state index is 0.0651. The molecule has 10 heteroatoms. The number of hydrogen-bond donors (Lipinski definition) is 0. The Hall–Kier alpha value is -2.04. The summed E-state index contributed by atoms with van der Waals surface area (Å²) in [5, 5.41) is 0. The average Bonchev–Trinajstić information content (AvgIpc) is 2.98. The van der Waals surface area contributed by atoms with E-state index in [1.54, 1.807) is 11.5 Å². The van der Waals surface area contributed by atoms with Crippen molar-refractivity contribution in [3.05, 3.63) is 29.1 Å². The molecule has 2 aromatic rings. The first-order valence-electron chi connectivity index (χ1n) is 9.10. The van der Waals surface area contributed by atoms with Gasteiger partial charge in [-0.15, -0.1) is 0 Å². The first kappa shape index (κ1) is 20.7. The number of nitrogens with zero attached hydrogens (tertiary/aromatic N) is 3. The summed E-state index contributed by atoms with van der Waals surface area (Å²) in [6.45, 7) is 2.24. The predicted octanol–water partition coefficient (Wildman–Crippen LogP) is 1.51. The van der Waals surface area contributed by atoms with Gasteiger partial charge in [0, 0.05) is 6.54 Å². The fourth-order valence-electron chi connectivity index (χ4n) is 3.31. The Kier molecular flexibility index (Phi) is 6.31. The van der Waals surface area contributed by atoms with Gasteiger partial charge in [0.25, 0.3) is 5.91 Å². The van der Waals surface area contributed by atoms with Crippen LogP contribution in [0, 0.1) is 0 Å². The number of carbonyl (C=O) groups excluding carboxylic acids is 2. The number of hydrogen-bond acceptors (Lipinski definition) is 6. The Bertz CT molecular complexity index is 1050. The van der Waals surface area contributed by atoms with Gasteiger partial charge in [0.1, 0.15) is 12.6 Å². The van der Waals surface area contributed by atoms with Crippen molar-refractivity contribution >= 4 is 43.5 Å². The zero-order valence-corrected chi connectivity index (χ0v) is 17.5. The maximum absolute atomic E-state index is 12.9. The van der Waals surface area contributed by atoms with Gasteiger partial charge < -0.3 is 9.30 Å². The Balaban J connectivity index is 2.02. The number of ether oxygens (including phenoxy) is 1. The monoisotopic (exact) mass is 425 g/mol. The molecule has 8 nitrogen and oxygen atoms in total. The number of amides is 1. The quantitative estimate of drug-likeness (QED) is 0.676. The van der Waals surface area contributed by atoms with Crippen LogP contribution in [0.2, 0.25) is 0 Å². The summed E-state index contributed by atoms with van der Waals surface area (Å²) in [5.74, 6) is -0.926. The molecule has 1 saturated heterocycles. The Labute approximate surface area is 167 Å².